The zero-order valence-corrected chi connectivity index (χ0v) is 17.9. The monoisotopic (exact) mass is 419 g/mol. The number of methoxy groups -OCH3 is 1. The van der Waals surface area contributed by atoms with Gasteiger partial charge in [0.2, 0.25) is 0 Å². The first-order chi connectivity index (χ1) is 15.0. The molecule has 2 aromatic carbocycles. The SMILES string of the molecule is CCc1ccc(Nc2ncnc3cc(OC)c(N4CC5(CNC5)OC4=O)cc23)c(C)c1. The summed E-state index contributed by atoms with van der Waals surface area (Å²) in [6.45, 7) is 6.02. The van der Waals surface area contributed by atoms with Gasteiger partial charge in [0.1, 0.15) is 17.9 Å². The van der Waals surface area contributed by atoms with Crippen molar-refractivity contribution < 1.29 is 14.3 Å². The summed E-state index contributed by atoms with van der Waals surface area (Å²) in [5, 5.41) is 7.42. The van der Waals surface area contributed by atoms with Crippen LogP contribution in [0.5, 0.6) is 5.75 Å². The van der Waals surface area contributed by atoms with Crippen LogP contribution in [0.2, 0.25) is 0 Å². The highest BCUT2D eigenvalue weighted by molar-refractivity contribution is 6.00. The maximum atomic E-state index is 12.6. The second kappa shape index (κ2) is 7.39. The second-order valence-corrected chi connectivity index (χ2v) is 8.13. The van der Waals surface area contributed by atoms with Gasteiger partial charge in [0, 0.05) is 30.2 Å². The largest absolute Gasteiger partial charge is 0.494 e. The number of aromatic nitrogens is 2. The summed E-state index contributed by atoms with van der Waals surface area (Å²) in [4.78, 5) is 23.2. The Bertz CT molecular complexity index is 1180. The highest BCUT2D eigenvalue weighted by Gasteiger charge is 2.50. The molecule has 1 amide bonds. The van der Waals surface area contributed by atoms with Gasteiger partial charge in [-0.3, -0.25) is 4.90 Å². The normalized spacial score (nSPS) is 17.0. The van der Waals surface area contributed by atoms with Gasteiger partial charge in [-0.15, -0.1) is 0 Å². The lowest BCUT2D eigenvalue weighted by atomic mass is 9.97. The quantitative estimate of drug-likeness (QED) is 0.654. The number of rotatable bonds is 5. The first-order valence-electron chi connectivity index (χ1n) is 10.4. The Balaban J connectivity index is 1.56. The molecule has 2 fully saturated rings. The molecule has 0 bridgehead atoms. The van der Waals surface area contributed by atoms with Gasteiger partial charge in [-0.2, -0.15) is 0 Å². The molecule has 2 saturated heterocycles. The van der Waals surface area contributed by atoms with Gasteiger partial charge >= 0.3 is 6.09 Å². The number of nitrogens with zero attached hydrogens (tertiary/aromatic N) is 3. The molecule has 0 unspecified atom stereocenters. The maximum Gasteiger partial charge on any atom is 0.415 e. The molecule has 2 aliphatic rings. The van der Waals surface area contributed by atoms with Gasteiger partial charge in [-0.05, 0) is 36.6 Å². The predicted molar refractivity (Wildman–Crippen MR) is 119 cm³/mol. The molecule has 3 aromatic rings. The number of carbonyl (C=O) groups is 1. The van der Waals surface area contributed by atoms with E-state index >= 15 is 0 Å². The van der Waals surface area contributed by atoms with Crippen molar-refractivity contribution >= 4 is 34.2 Å². The van der Waals surface area contributed by atoms with E-state index in [4.69, 9.17) is 9.47 Å². The Hall–Kier alpha value is -3.39. The molecule has 8 nitrogen and oxygen atoms in total. The molecular weight excluding hydrogens is 394 g/mol. The molecule has 8 heteroatoms. The number of nitrogens with one attached hydrogen (secondary N) is 2. The van der Waals surface area contributed by atoms with Crippen LogP contribution >= 0.6 is 0 Å². The van der Waals surface area contributed by atoms with Gasteiger partial charge in [0.05, 0.1) is 24.9 Å². The van der Waals surface area contributed by atoms with Gasteiger partial charge in [-0.25, -0.2) is 14.8 Å². The Kier molecular flexibility index (Phi) is 4.66. The van der Waals surface area contributed by atoms with E-state index in [2.05, 4.69) is 52.6 Å². The molecule has 31 heavy (non-hydrogen) atoms. The van der Waals surface area contributed by atoms with E-state index in [9.17, 15) is 4.79 Å². The number of hydrogen-bond acceptors (Lipinski definition) is 7. The zero-order valence-electron chi connectivity index (χ0n) is 17.9. The van der Waals surface area contributed by atoms with E-state index in [-0.39, 0.29) is 6.09 Å². The third-order valence-corrected chi connectivity index (χ3v) is 6.04. The number of fused-ring (bicyclic) bond motifs is 1. The van der Waals surface area contributed by atoms with E-state index in [1.165, 1.54) is 11.9 Å². The Labute approximate surface area is 180 Å². The summed E-state index contributed by atoms with van der Waals surface area (Å²) in [6, 6.07) is 10.1. The summed E-state index contributed by atoms with van der Waals surface area (Å²) in [6.07, 6.45) is 2.15. The molecule has 0 saturated carbocycles. The van der Waals surface area contributed by atoms with Gasteiger partial charge in [0.15, 0.2) is 5.60 Å². The van der Waals surface area contributed by atoms with Crippen LogP contribution in [-0.2, 0) is 11.2 Å². The highest BCUT2D eigenvalue weighted by atomic mass is 16.6. The lowest BCUT2D eigenvalue weighted by molar-refractivity contribution is 0.0142. The molecule has 2 aliphatic heterocycles. The summed E-state index contributed by atoms with van der Waals surface area (Å²) >= 11 is 0. The molecule has 160 valence electrons. The predicted octanol–water partition coefficient (Wildman–Crippen LogP) is 3.55. The number of benzene rings is 2. The van der Waals surface area contributed by atoms with Crippen LogP contribution in [0.3, 0.4) is 0 Å². The fourth-order valence-electron chi connectivity index (χ4n) is 4.16. The van der Waals surface area contributed by atoms with Crippen LogP contribution in [0.4, 0.5) is 22.0 Å². The molecule has 1 spiro atoms. The fraction of sp³-hybridized carbons (Fsp3) is 0.348. The highest BCUT2D eigenvalue weighted by Crippen LogP contribution is 2.39. The first-order valence-corrected chi connectivity index (χ1v) is 10.4. The summed E-state index contributed by atoms with van der Waals surface area (Å²) in [5.41, 5.74) is 4.34. The van der Waals surface area contributed by atoms with E-state index in [1.54, 1.807) is 12.0 Å². The minimum absolute atomic E-state index is 0.364. The third kappa shape index (κ3) is 3.33. The average molecular weight is 419 g/mol. The standard InChI is InChI=1S/C23H25N5O3/c1-4-15-5-6-17(14(2)7-15)27-21-16-8-19(20(30-3)9-18(16)25-13-26-21)28-12-23(10-24-11-23)31-22(28)29/h5-9,13,24H,4,10-12H2,1-3H3,(H,25,26,27). The van der Waals surface area contributed by atoms with Crippen molar-refractivity contribution in [1.29, 1.82) is 0 Å². The molecule has 0 atom stereocenters. The number of anilines is 3. The first kappa shape index (κ1) is 19.6. The Morgan fingerprint density at radius 1 is 1.26 bits per heavy atom. The fourth-order valence-corrected chi connectivity index (χ4v) is 4.16. The van der Waals surface area contributed by atoms with Crippen molar-refractivity contribution in [2.75, 3.05) is 37.0 Å². The van der Waals surface area contributed by atoms with Crippen LogP contribution in [0.15, 0.2) is 36.7 Å². The smallest absolute Gasteiger partial charge is 0.415 e. The number of carbonyl (C=O) groups excluding carboxylic acids is 1. The summed E-state index contributed by atoms with van der Waals surface area (Å²) < 4.78 is 11.2. The van der Waals surface area contributed by atoms with Crippen molar-refractivity contribution in [3.63, 3.8) is 0 Å². The number of hydrogen-bond donors (Lipinski definition) is 2. The summed E-state index contributed by atoms with van der Waals surface area (Å²) in [5.74, 6) is 1.25. The van der Waals surface area contributed by atoms with Crippen LogP contribution < -0.4 is 20.3 Å². The van der Waals surface area contributed by atoms with E-state index < -0.39 is 5.60 Å². The molecule has 0 aliphatic carbocycles. The minimum Gasteiger partial charge on any atom is -0.494 e. The van der Waals surface area contributed by atoms with Crippen molar-refractivity contribution in [2.45, 2.75) is 25.9 Å². The van der Waals surface area contributed by atoms with Crippen LogP contribution in [0, 0.1) is 6.92 Å². The molecule has 3 heterocycles. The zero-order chi connectivity index (χ0) is 21.6. The maximum absolute atomic E-state index is 12.6. The number of ether oxygens (including phenoxy) is 2. The van der Waals surface area contributed by atoms with Gasteiger partial charge in [-0.1, -0.05) is 19.1 Å². The van der Waals surface area contributed by atoms with Crippen molar-refractivity contribution in [3.8, 4) is 5.75 Å². The molecule has 0 radical (unpaired) electrons. The molecular formula is C23H25N5O3. The lowest BCUT2D eigenvalue weighted by Crippen LogP contribution is -2.61. The lowest BCUT2D eigenvalue weighted by Gasteiger charge is -2.36. The van der Waals surface area contributed by atoms with E-state index in [0.29, 0.717) is 36.9 Å². The Morgan fingerprint density at radius 3 is 2.74 bits per heavy atom. The van der Waals surface area contributed by atoms with E-state index in [1.807, 2.05) is 12.1 Å². The van der Waals surface area contributed by atoms with Crippen molar-refractivity contribution in [1.82, 2.24) is 15.3 Å². The van der Waals surface area contributed by atoms with E-state index in [0.717, 1.165) is 28.6 Å². The van der Waals surface area contributed by atoms with Crippen LogP contribution in [-0.4, -0.2) is 48.4 Å². The number of amides is 1. The van der Waals surface area contributed by atoms with Crippen molar-refractivity contribution in [2.24, 2.45) is 0 Å². The minimum atomic E-state index is -0.455. The van der Waals surface area contributed by atoms with Crippen molar-refractivity contribution in [3.05, 3.63) is 47.8 Å². The molecule has 5 rings (SSSR count). The number of aryl methyl sites for hydroxylation is 2. The van der Waals surface area contributed by atoms with Gasteiger partial charge < -0.3 is 20.1 Å². The molecule has 1 aromatic heterocycles. The third-order valence-electron chi connectivity index (χ3n) is 6.04. The van der Waals surface area contributed by atoms with Crippen LogP contribution in [0.25, 0.3) is 10.9 Å². The second-order valence-electron chi connectivity index (χ2n) is 8.13. The van der Waals surface area contributed by atoms with Gasteiger partial charge in [0.25, 0.3) is 0 Å². The Morgan fingerprint density at radius 2 is 2.10 bits per heavy atom. The molecule has 2 N–H and O–H groups in total. The summed E-state index contributed by atoms with van der Waals surface area (Å²) in [7, 11) is 1.59. The van der Waals surface area contributed by atoms with Crippen LogP contribution in [0.1, 0.15) is 18.1 Å². The topological polar surface area (TPSA) is 88.6 Å². The average Bonchev–Trinajstić information content (AvgIpc) is 3.12.